The van der Waals surface area contributed by atoms with Crippen LogP contribution in [0.25, 0.3) is 0 Å². The Morgan fingerprint density at radius 1 is 1.26 bits per heavy atom. The fourth-order valence-corrected chi connectivity index (χ4v) is 7.02. The minimum absolute atomic E-state index is 0.414. The van der Waals surface area contributed by atoms with E-state index in [1.54, 1.807) is 19.9 Å². The summed E-state index contributed by atoms with van der Waals surface area (Å²) in [6.45, 7) is 6.65. The number of carbonyl (C=O) groups is 3. The van der Waals surface area contributed by atoms with Crippen LogP contribution < -0.4 is 0 Å². The van der Waals surface area contributed by atoms with Crippen molar-refractivity contribution in [3.8, 4) is 0 Å². The average molecular weight is 434 g/mol. The van der Waals surface area contributed by atoms with Gasteiger partial charge >= 0.3 is 17.9 Å². The van der Waals surface area contributed by atoms with E-state index in [0.717, 1.165) is 0 Å². The van der Waals surface area contributed by atoms with Gasteiger partial charge in [0.1, 0.15) is 12.2 Å². The number of hydrogen-bond donors (Lipinski definition) is 1. The van der Waals surface area contributed by atoms with Gasteiger partial charge in [-0.15, -0.1) is 0 Å². The summed E-state index contributed by atoms with van der Waals surface area (Å²) in [7, 11) is 1.33. The normalized spacial score (nSPS) is 44.1. The molecular weight excluding hydrogens is 404 g/mol. The number of carbonyl (C=O) groups excluding carboxylic acids is 3. The highest BCUT2D eigenvalue weighted by Gasteiger charge is 2.78. The third-order valence-corrected chi connectivity index (χ3v) is 8.28. The Morgan fingerprint density at radius 2 is 1.97 bits per heavy atom. The average Bonchev–Trinajstić information content (AvgIpc) is 3.30. The van der Waals surface area contributed by atoms with Crippen molar-refractivity contribution in [2.75, 3.05) is 7.11 Å². The topological polar surface area (TPSA) is 112 Å². The van der Waals surface area contributed by atoms with Gasteiger partial charge in [0.25, 0.3) is 0 Å². The summed E-state index contributed by atoms with van der Waals surface area (Å²) < 4.78 is 22.0. The summed E-state index contributed by atoms with van der Waals surface area (Å²) in [6, 6.07) is 1.67. The lowest BCUT2D eigenvalue weighted by Crippen LogP contribution is -2.62. The quantitative estimate of drug-likeness (QED) is 0.571. The largest absolute Gasteiger partial charge is 0.472 e. The van der Waals surface area contributed by atoms with Gasteiger partial charge in [-0.25, -0.2) is 0 Å². The Bertz CT molecular complexity index is 893. The van der Waals surface area contributed by atoms with Gasteiger partial charge in [-0.05, 0) is 32.8 Å². The number of esters is 3. The first-order chi connectivity index (χ1) is 14.5. The van der Waals surface area contributed by atoms with Gasteiger partial charge < -0.3 is 23.7 Å². The molecule has 3 fully saturated rings. The van der Waals surface area contributed by atoms with Gasteiger partial charge in [-0.2, -0.15) is 0 Å². The van der Waals surface area contributed by atoms with E-state index in [-0.39, 0.29) is 0 Å². The summed E-state index contributed by atoms with van der Waals surface area (Å²) in [4.78, 5) is 38.1. The number of ether oxygens (including phenoxy) is 3. The number of fused-ring (bicyclic) bond motifs is 3. The molecule has 8 heteroatoms. The zero-order chi connectivity index (χ0) is 22.8. The summed E-state index contributed by atoms with van der Waals surface area (Å²) in [5.41, 5.74) is -2.88. The molecule has 31 heavy (non-hydrogen) atoms. The van der Waals surface area contributed by atoms with Gasteiger partial charge in [0.15, 0.2) is 0 Å². The number of furan rings is 1. The van der Waals surface area contributed by atoms with Crippen LogP contribution in [0.2, 0.25) is 0 Å². The molecule has 0 unspecified atom stereocenters. The number of methoxy groups -OCH3 is 1. The molecule has 1 aliphatic heterocycles. The van der Waals surface area contributed by atoms with Crippen molar-refractivity contribution in [1.29, 1.82) is 0 Å². The number of hydrogen-bond acceptors (Lipinski definition) is 8. The van der Waals surface area contributed by atoms with Crippen molar-refractivity contribution < 1.29 is 38.1 Å². The molecule has 0 amide bonds. The van der Waals surface area contributed by atoms with E-state index < -0.39 is 64.3 Å². The fraction of sp³-hybridized carbons (Fsp3) is 0.696. The van der Waals surface area contributed by atoms with Crippen LogP contribution in [0.1, 0.15) is 58.6 Å². The minimum Gasteiger partial charge on any atom is -0.472 e. The molecule has 2 saturated carbocycles. The molecule has 2 heterocycles. The molecule has 2 aliphatic carbocycles. The Labute approximate surface area is 181 Å². The third kappa shape index (κ3) is 2.73. The molecule has 8 nitrogen and oxygen atoms in total. The van der Waals surface area contributed by atoms with Crippen LogP contribution in [0.15, 0.2) is 23.0 Å². The summed E-state index contributed by atoms with van der Waals surface area (Å²) in [5, 5.41) is 12.4. The molecule has 0 bridgehead atoms. The van der Waals surface area contributed by atoms with E-state index in [4.69, 9.17) is 18.6 Å². The zero-order valence-electron chi connectivity index (χ0n) is 18.5. The standard InChI is InChI=1S/C23H30O8/c1-12-19(25)31-16(14-7-10-29-11-14)15-17(30-13(2)24)18-21(3,20(26)28-5)8-6-9-22(18,4)23(12,15)27/h7,10-12,15-18,27H,6,8-9H2,1-5H3/t12-,15+,16-,17+,18-,21+,22+,23-/m1/s1. The molecule has 8 atom stereocenters. The molecule has 4 rings (SSSR count). The van der Waals surface area contributed by atoms with Gasteiger partial charge in [-0.1, -0.05) is 13.3 Å². The lowest BCUT2D eigenvalue weighted by molar-refractivity contribution is -0.227. The second-order valence-corrected chi connectivity index (χ2v) is 9.72. The molecule has 0 spiro atoms. The van der Waals surface area contributed by atoms with Gasteiger partial charge in [0, 0.05) is 23.8 Å². The van der Waals surface area contributed by atoms with Crippen LogP contribution in [0.4, 0.5) is 0 Å². The Balaban J connectivity index is 1.97. The van der Waals surface area contributed by atoms with E-state index in [0.29, 0.717) is 24.8 Å². The van der Waals surface area contributed by atoms with E-state index in [9.17, 15) is 19.5 Å². The molecule has 0 radical (unpaired) electrons. The highest BCUT2D eigenvalue weighted by Crippen LogP contribution is 2.71. The third-order valence-electron chi connectivity index (χ3n) is 8.28. The zero-order valence-corrected chi connectivity index (χ0v) is 18.5. The maximum absolute atomic E-state index is 13.0. The molecule has 1 N–H and O–H groups in total. The number of aliphatic hydroxyl groups is 1. The second-order valence-electron chi connectivity index (χ2n) is 9.72. The van der Waals surface area contributed by atoms with Gasteiger partial charge in [0.2, 0.25) is 0 Å². The van der Waals surface area contributed by atoms with E-state index in [2.05, 4.69) is 0 Å². The molecule has 1 aromatic heterocycles. The Kier molecular flexibility index (Phi) is 5.00. The van der Waals surface area contributed by atoms with Crippen molar-refractivity contribution in [2.24, 2.45) is 28.6 Å². The number of cyclic esters (lactones) is 1. The maximum atomic E-state index is 13.0. The van der Waals surface area contributed by atoms with E-state index in [1.165, 1.54) is 26.6 Å². The highest BCUT2D eigenvalue weighted by atomic mass is 16.6. The van der Waals surface area contributed by atoms with Crippen LogP contribution in [-0.4, -0.2) is 41.8 Å². The van der Waals surface area contributed by atoms with E-state index >= 15 is 0 Å². The number of rotatable bonds is 3. The second kappa shape index (κ2) is 7.08. The molecule has 0 aromatic carbocycles. The summed E-state index contributed by atoms with van der Waals surface area (Å²) in [5.74, 6) is -3.66. The van der Waals surface area contributed by atoms with Crippen molar-refractivity contribution in [2.45, 2.75) is 64.8 Å². The smallest absolute Gasteiger partial charge is 0.312 e. The lowest BCUT2D eigenvalue weighted by atomic mass is 9.51. The molecule has 1 saturated heterocycles. The van der Waals surface area contributed by atoms with Gasteiger partial charge in [-0.3, -0.25) is 14.4 Å². The van der Waals surface area contributed by atoms with Crippen LogP contribution in [0.3, 0.4) is 0 Å². The van der Waals surface area contributed by atoms with Crippen molar-refractivity contribution >= 4 is 17.9 Å². The Hall–Kier alpha value is -2.35. The highest BCUT2D eigenvalue weighted by molar-refractivity contribution is 5.79. The lowest BCUT2D eigenvalue weighted by Gasteiger charge is -2.55. The Morgan fingerprint density at radius 3 is 2.55 bits per heavy atom. The molecule has 1 aromatic rings. The van der Waals surface area contributed by atoms with Crippen LogP contribution in [0, 0.1) is 28.6 Å². The molecule has 3 aliphatic rings. The van der Waals surface area contributed by atoms with Crippen LogP contribution >= 0.6 is 0 Å². The maximum Gasteiger partial charge on any atom is 0.312 e. The molecule has 170 valence electrons. The van der Waals surface area contributed by atoms with E-state index in [1.807, 2.05) is 6.92 Å². The molecular formula is C23H30O8. The summed E-state index contributed by atoms with van der Waals surface area (Å²) >= 11 is 0. The summed E-state index contributed by atoms with van der Waals surface area (Å²) in [6.07, 6.45) is 2.96. The SMILES string of the molecule is COC(=O)[C@@]1(C)CCC[C@@]2(C)[C@@H]1[C@@H](OC(C)=O)[C@@H]1[C@@H](c3ccoc3)OC(=O)[C@@H](C)[C@@]12O. The predicted molar refractivity (Wildman–Crippen MR) is 106 cm³/mol. The van der Waals surface area contributed by atoms with Gasteiger partial charge in [0.05, 0.1) is 42.5 Å². The fourth-order valence-electron chi connectivity index (χ4n) is 7.02. The first-order valence-corrected chi connectivity index (χ1v) is 10.7. The van der Waals surface area contributed by atoms with Crippen molar-refractivity contribution in [3.63, 3.8) is 0 Å². The minimum atomic E-state index is -1.56. The predicted octanol–water partition coefficient (Wildman–Crippen LogP) is 2.79. The van der Waals surface area contributed by atoms with Crippen molar-refractivity contribution in [3.05, 3.63) is 24.2 Å². The monoisotopic (exact) mass is 434 g/mol. The van der Waals surface area contributed by atoms with Crippen LogP contribution in [-0.2, 0) is 28.6 Å². The first-order valence-electron chi connectivity index (χ1n) is 10.7. The van der Waals surface area contributed by atoms with Crippen LogP contribution in [0.5, 0.6) is 0 Å². The van der Waals surface area contributed by atoms with Crippen molar-refractivity contribution in [1.82, 2.24) is 0 Å². The first kappa shape index (κ1) is 21.9.